The summed E-state index contributed by atoms with van der Waals surface area (Å²) in [6.07, 6.45) is 15.2. The number of carbonyl (C=O) groups is 1. The van der Waals surface area contributed by atoms with Crippen molar-refractivity contribution >= 4 is 53.4 Å². The lowest BCUT2D eigenvalue weighted by Gasteiger charge is -2.30. The fraction of sp³-hybridized carbons (Fsp3) is 0.463. The van der Waals surface area contributed by atoms with Crippen LogP contribution in [-0.2, 0) is 55.5 Å². The minimum absolute atomic E-state index is 0.00764. The third-order valence-corrected chi connectivity index (χ3v) is 13.2. The second kappa shape index (κ2) is 20.0. The molecule has 2 aliphatic heterocycles. The molecule has 0 radical (unpaired) electrons. The Balaban J connectivity index is 1.69. The van der Waals surface area contributed by atoms with Gasteiger partial charge in [0.2, 0.25) is 5.69 Å². The van der Waals surface area contributed by atoms with Crippen molar-refractivity contribution in [3.05, 3.63) is 95.8 Å². The van der Waals surface area contributed by atoms with Gasteiger partial charge in [-0.1, -0.05) is 30.4 Å². The molecular formula is C41H52N2O13S3-2. The molecule has 2 aliphatic rings. The van der Waals surface area contributed by atoms with Gasteiger partial charge >= 0.3 is 5.97 Å². The highest BCUT2D eigenvalue weighted by Gasteiger charge is 2.48. The van der Waals surface area contributed by atoms with Gasteiger partial charge in [-0.2, -0.15) is 4.58 Å². The number of rotatable bonds is 23. The van der Waals surface area contributed by atoms with E-state index in [1.165, 1.54) is 24.3 Å². The number of allylic oxidation sites excluding steroid dienone is 8. The number of hydrogen-bond acceptors (Lipinski definition) is 13. The van der Waals surface area contributed by atoms with Crippen molar-refractivity contribution in [2.24, 2.45) is 0 Å². The van der Waals surface area contributed by atoms with Crippen LogP contribution in [0.3, 0.4) is 0 Å². The van der Waals surface area contributed by atoms with Crippen molar-refractivity contribution in [2.45, 2.75) is 86.3 Å². The number of benzene rings is 2. The Hall–Kier alpha value is -4.01. The van der Waals surface area contributed by atoms with Crippen LogP contribution < -0.4 is 4.90 Å². The Morgan fingerprint density at radius 2 is 1.44 bits per heavy atom. The molecule has 2 unspecified atom stereocenters. The van der Waals surface area contributed by atoms with Gasteiger partial charge in [-0.15, -0.1) is 0 Å². The number of nitrogens with zero attached hydrogens (tertiary/aromatic N) is 2. The molecule has 324 valence electrons. The zero-order valence-electron chi connectivity index (χ0n) is 33.7. The molecule has 59 heavy (non-hydrogen) atoms. The normalized spacial score (nSPS) is 20.5. The van der Waals surface area contributed by atoms with E-state index in [1.807, 2.05) is 43.9 Å². The molecule has 1 N–H and O–H groups in total. The van der Waals surface area contributed by atoms with Crippen LogP contribution in [0.2, 0.25) is 0 Å². The highest BCUT2D eigenvalue weighted by atomic mass is 32.2. The molecule has 0 saturated heterocycles. The summed E-state index contributed by atoms with van der Waals surface area (Å²) in [5.74, 6) is -1.48. The Morgan fingerprint density at radius 3 is 2.07 bits per heavy atom. The summed E-state index contributed by atoms with van der Waals surface area (Å²) < 4.78 is 120. The first-order valence-electron chi connectivity index (χ1n) is 19.2. The number of hydrogen-bond donors (Lipinski definition) is 1. The molecule has 4 rings (SSSR count). The lowest BCUT2D eigenvalue weighted by molar-refractivity contribution is -0.438. The van der Waals surface area contributed by atoms with Crippen molar-refractivity contribution < 1.29 is 62.9 Å². The smallest absolute Gasteiger partial charge is 0.303 e. The van der Waals surface area contributed by atoms with Crippen LogP contribution in [0.1, 0.15) is 76.8 Å². The van der Waals surface area contributed by atoms with Gasteiger partial charge in [-0.05, 0) is 94.8 Å². The maximum absolute atomic E-state index is 12.1. The summed E-state index contributed by atoms with van der Waals surface area (Å²) in [7, 11) is -12.5. The van der Waals surface area contributed by atoms with E-state index in [0.717, 1.165) is 17.1 Å². The number of unbranched alkanes of at least 4 members (excludes halogenated alkanes) is 2. The molecule has 18 heteroatoms. The zero-order valence-corrected chi connectivity index (χ0v) is 36.1. The number of carboxylic acid groups (broad SMARTS) is 1. The number of fused-ring (bicyclic) bond motifs is 2. The fourth-order valence-electron chi connectivity index (χ4n) is 7.81. The molecule has 0 saturated carbocycles. The van der Waals surface area contributed by atoms with Gasteiger partial charge in [0.25, 0.3) is 0 Å². The summed E-state index contributed by atoms with van der Waals surface area (Å²) in [5, 5.41) is 9.10. The average molecular weight is 877 g/mol. The van der Waals surface area contributed by atoms with Crippen LogP contribution in [0, 0.1) is 0 Å². The fourth-order valence-corrected chi connectivity index (χ4v) is 9.31. The van der Waals surface area contributed by atoms with Gasteiger partial charge < -0.3 is 33.1 Å². The molecule has 2 atom stereocenters. The summed E-state index contributed by atoms with van der Waals surface area (Å²) in [6, 6.07) is 8.46. The average Bonchev–Trinajstić information content (AvgIpc) is 3.52. The van der Waals surface area contributed by atoms with Crippen molar-refractivity contribution in [3.8, 4) is 0 Å². The number of anilines is 1. The van der Waals surface area contributed by atoms with Gasteiger partial charge in [0.05, 0.1) is 38.5 Å². The number of carboxylic acids is 1. The van der Waals surface area contributed by atoms with Crippen LogP contribution in [0.5, 0.6) is 0 Å². The standard InChI is InChI=1S/C41H54N2O13S3/c1-5-42-35-20-18-31(58(49,50)51)29-33(35)40(2,22-14-28-57(46,47)48)37(42)15-10-7-6-8-11-16-38-41(3,23-25-56-27-26-55-4)34-30-32(59(52,53)54)19-21-36(34)43(38)24-13-9-12-17-39(44)45/h6-8,10-11,15-16,18-21,29-30H,5,9,12-14,17,22-28H2,1-4H3,(H3-,44,45,46,47,48,49,50,51,52,53,54)/p-2. The molecule has 0 aromatic heterocycles. The van der Waals surface area contributed by atoms with E-state index in [9.17, 15) is 43.7 Å². The van der Waals surface area contributed by atoms with E-state index in [2.05, 4.69) is 4.58 Å². The molecule has 15 nitrogen and oxygen atoms in total. The van der Waals surface area contributed by atoms with E-state index >= 15 is 0 Å². The van der Waals surface area contributed by atoms with Gasteiger partial charge in [-0.3, -0.25) is 4.79 Å². The lowest BCUT2D eigenvalue weighted by Crippen LogP contribution is -2.33. The number of ether oxygens (including phenoxy) is 2. The van der Waals surface area contributed by atoms with Crippen LogP contribution in [0.4, 0.5) is 11.4 Å². The number of likely N-dealkylation sites (N-methyl/N-ethyl adjacent to an activating group) is 1. The first-order valence-corrected chi connectivity index (χ1v) is 23.6. The van der Waals surface area contributed by atoms with Crippen molar-refractivity contribution in [3.63, 3.8) is 0 Å². The molecule has 0 bridgehead atoms. The van der Waals surface area contributed by atoms with Crippen molar-refractivity contribution in [1.82, 2.24) is 0 Å². The molecule has 0 amide bonds. The third-order valence-electron chi connectivity index (χ3n) is 10.8. The second-order valence-electron chi connectivity index (χ2n) is 14.8. The molecule has 0 spiro atoms. The quantitative estimate of drug-likeness (QED) is 0.0652. The van der Waals surface area contributed by atoms with E-state index in [-0.39, 0.29) is 24.2 Å². The maximum atomic E-state index is 12.1. The maximum Gasteiger partial charge on any atom is 0.303 e. The third kappa shape index (κ3) is 12.1. The van der Waals surface area contributed by atoms with Gasteiger partial charge in [0.15, 0.2) is 5.71 Å². The van der Waals surface area contributed by atoms with Crippen molar-refractivity contribution in [1.29, 1.82) is 0 Å². The SMILES string of the molecule is CCN1/C(=C/C=C/C=C/C=C/C2=[N+](CCCCCC(=O)O)c3ccc(S(=O)(=O)[O-])cc3C2(C)CCOCCOC)C(C)(CCCS(=O)(=O)[O-])c2cc(S(=O)(=O)[O-])ccc21. The predicted octanol–water partition coefficient (Wildman–Crippen LogP) is 5.22. The first-order chi connectivity index (χ1) is 27.7. The van der Waals surface area contributed by atoms with E-state index < -0.39 is 57.8 Å². The summed E-state index contributed by atoms with van der Waals surface area (Å²) >= 11 is 0. The largest absolute Gasteiger partial charge is 0.748 e. The second-order valence-corrected chi connectivity index (χ2v) is 19.1. The van der Waals surface area contributed by atoms with E-state index in [0.29, 0.717) is 75.4 Å². The molecule has 0 aliphatic carbocycles. The lowest BCUT2D eigenvalue weighted by atomic mass is 9.76. The van der Waals surface area contributed by atoms with Gasteiger partial charge in [0.1, 0.15) is 26.8 Å². The number of methoxy groups -OCH3 is 1. The van der Waals surface area contributed by atoms with E-state index in [1.54, 1.807) is 43.5 Å². The summed E-state index contributed by atoms with van der Waals surface area (Å²) in [5.41, 5.74) is 2.42. The Morgan fingerprint density at radius 1 is 0.797 bits per heavy atom. The molecule has 2 heterocycles. The minimum Gasteiger partial charge on any atom is -0.748 e. The molecule has 2 aromatic rings. The van der Waals surface area contributed by atoms with Crippen LogP contribution in [-0.4, -0.2) is 106 Å². The van der Waals surface area contributed by atoms with Crippen LogP contribution in [0.15, 0.2) is 94.4 Å². The Kier molecular flexibility index (Phi) is 16.2. The summed E-state index contributed by atoms with van der Waals surface area (Å²) in [6.45, 7) is 7.71. The van der Waals surface area contributed by atoms with Gasteiger partial charge in [-0.25, -0.2) is 25.3 Å². The number of aliphatic carboxylic acids is 1. The first kappa shape index (κ1) is 47.7. The predicted molar refractivity (Wildman–Crippen MR) is 219 cm³/mol. The minimum atomic E-state index is -4.78. The Labute approximate surface area is 347 Å². The summed E-state index contributed by atoms with van der Waals surface area (Å²) in [4.78, 5) is 12.3. The Bertz CT molecular complexity index is 2350. The van der Waals surface area contributed by atoms with Crippen LogP contribution in [0.25, 0.3) is 0 Å². The molecular weight excluding hydrogens is 825 g/mol. The topological polar surface area (TPSA) is 234 Å². The highest BCUT2D eigenvalue weighted by molar-refractivity contribution is 7.86. The molecule has 2 aromatic carbocycles. The molecule has 0 fully saturated rings. The van der Waals surface area contributed by atoms with E-state index in [4.69, 9.17) is 14.6 Å². The zero-order chi connectivity index (χ0) is 43.6. The highest BCUT2D eigenvalue weighted by Crippen LogP contribution is 2.51. The van der Waals surface area contributed by atoms with Crippen molar-refractivity contribution in [2.75, 3.05) is 50.7 Å². The van der Waals surface area contributed by atoms with Gasteiger partial charge in [0, 0.05) is 73.4 Å². The monoisotopic (exact) mass is 876 g/mol. The van der Waals surface area contributed by atoms with Crippen LogP contribution >= 0.6 is 0 Å².